The Bertz CT molecular complexity index is 601. The van der Waals surface area contributed by atoms with E-state index in [9.17, 15) is 4.39 Å². The maximum absolute atomic E-state index is 13.5. The summed E-state index contributed by atoms with van der Waals surface area (Å²) in [6.45, 7) is 3.17. The maximum atomic E-state index is 13.5. The van der Waals surface area contributed by atoms with Crippen molar-refractivity contribution >= 4 is 22.6 Å². The van der Waals surface area contributed by atoms with Gasteiger partial charge in [0, 0.05) is 18.8 Å². The molecule has 1 aromatic heterocycles. The van der Waals surface area contributed by atoms with Crippen molar-refractivity contribution in [3.63, 3.8) is 0 Å². The first-order chi connectivity index (χ1) is 9.17. The molecular weight excluding hydrogens is 263 g/mol. The summed E-state index contributed by atoms with van der Waals surface area (Å²) in [5.74, 6) is 1.33. The molecule has 19 heavy (non-hydrogen) atoms. The molecule has 0 unspecified atom stereocenters. The molecule has 2 nitrogen and oxygen atoms in total. The maximum Gasteiger partial charge on any atom is 0.125 e. The summed E-state index contributed by atoms with van der Waals surface area (Å²) in [4.78, 5) is 4.60. The molecule has 0 atom stereocenters. The summed E-state index contributed by atoms with van der Waals surface area (Å²) in [5.41, 5.74) is 2.18. The first kappa shape index (κ1) is 12.9. The van der Waals surface area contributed by atoms with Gasteiger partial charge in [0.15, 0.2) is 0 Å². The summed E-state index contributed by atoms with van der Waals surface area (Å²) in [7, 11) is 0. The van der Waals surface area contributed by atoms with Gasteiger partial charge < -0.3 is 4.57 Å². The molecule has 0 aliphatic heterocycles. The smallest absolute Gasteiger partial charge is 0.125 e. The van der Waals surface area contributed by atoms with E-state index in [0.717, 1.165) is 29.8 Å². The number of hydrogen-bond donors (Lipinski definition) is 0. The zero-order chi connectivity index (χ0) is 13.5. The van der Waals surface area contributed by atoms with Crippen molar-refractivity contribution < 1.29 is 4.39 Å². The molecule has 1 aromatic carbocycles. The minimum absolute atomic E-state index is 0.201. The Kier molecular flexibility index (Phi) is 3.25. The third kappa shape index (κ3) is 2.36. The molecule has 1 saturated carbocycles. The SMILES string of the molecule is CCC1(Cn2c(CCCl)nc3ccc(F)cc32)CC1. The van der Waals surface area contributed by atoms with Crippen LogP contribution in [0.2, 0.25) is 0 Å². The second kappa shape index (κ2) is 4.78. The molecule has 1 heterocycles. The first-order valence-corrected chi connectivity index (χ1v) is 7.41. The van der Waals surface area contributed by atoms with Gasteiger partial charge in [0.25, 0.3) is 0 Å². The molecule has 2 aromatic rings. The normalized spacial score (nSPS) is 17.0. The molecule has 4 heteroatoms. The van der Waals surface area contributed by atoms with E-state index in [1.54, 1.807) is 12.1 Å². The molecule has 0 N–H and O–H groups in total. The lowest BCUT2D eigenvalue weighted by Gasteiger charge is -2.16. The first-order valence-electron chi connectivity index (χ1n) is 6.88. The monoisotopic (exact) mass is 280 g/mol. The van der Waals surface area contributed by atoms with E-state index in [1.165, 1.54) is 25.3 Å². The second-order valence-corrected chi connectivity index (χ2v) is 5.92. The lowest BCUT2D eigenvalue weighted by Crippen LogP contribution is -2.14. The largest absolute Gasteiger partial charge is 0.327 e. The molecule has 0 radical (unpaired) electrons. The van der Waals surface area contributed by atoms with Crippen molar-refractivity contribution in [2.75, 3.05) is 5.88 Å². The Labute approximate surface area is 117 Å². The van der Waals surface area contributed by atoms with Crippen molar-refractivity contribution in [3.05, 3.63) is 29.8 Å². The van der Waals surface area contributed by atoms with E-state index >= 15 is 0 Å². The fourth-order valence-electron chi connectivity index (χ4n) is 2.73. The highest BCUT2D eigenvalue weighted by atomic mass is 35.5. The summed E-state index contributed by atoms with van der Waals surface area (Å²) < 4.78 is 15.7. The van der Waals surface area contributed by atoms with Crippen LogP contribution in [0, 0.1) is 11.2 Å². The van der Waals surface area contributed by atoms with Crippen LogP contribution in [0.15, 0.2) is 18.2 Å². The molecule has 102 valence electrons. The molecule has 0 amide bonds. The van der Waals surface area contributed by atoms with Gasteiger partial charge in [0.05, 0.1) is 11.0 Å². The molecule has 1 fully saturated rings. The minimum Gasteiger partial charge on any atom is -0.327 e. The van der Waals surface area contributed by atoms with Crippen LogP contribution >= 0.6 is 11.6 Å². The number of rotatable bonds is 5. The van der Waals surface area contributed by atoms with Gasteiger partial charge >= 0.3 is 0 Å². The Morgan fingerprint density at radius 2 is 2.21 bits per heavy atom. The highest BCUT2D eigenvalue weighted by molar-refractivity contribution is 6.17. The Morgan fingerprint density at radius 1 is 1.42 bits per heavy atom. The second-order valence-electron chi connectivity index (χ2n) is 5.54. The fraction of sp³-hybridized carbons (Fsp3) is 0.533. The molecule has 0 saturated heterocycles. The number of benzene rings is 1. The van der Waals surface area contributed by atoms with Gasteiger partial charge in [-0.1, -0.05) is 6.92 Å². The van der Waals surface area contributed by atoms with E-state index in [4.69, 9.17) is 11.6 Å². The summed E-state index contributed by atoms with van der Waals surface area (Å²) in [6.07, 6.45) is 4.43. The van der Waals surface area contributed by atoms with E-state index in [2.05, 4.69) is 16.5 Å². The Morgan fingerprint density at radius 3 is 2.84 bits per heavy atom. The molecule has 0 bridgehead atoms. The molecule has 0 spiro atoms. The zero-order valence-corrected chi connectivity index (χ0v) is 11.9. The van der Waals surface area contributed by atoms with Crippen molar-refractivity contribution in [2.24, 2.45) is 5.41 Å². The third-order valence-electron chi connectivity index (χ3n) is 4.31. The average Bonchev–Trinajstić information content (AvgIpc) is 3.11. The Balaban J connectivity index is 2.07. The molecular formula is C15H18ClFN2. The predicted molar refractivity (Wildman–Crippen MR) is 76.1 cm³/mol. The standard InChI is InChI=1S/C15H18ClFN2/c1-2-15(6-7-15)10-19-13-9-11(17)3-4-12(13)18-14(19)5-8-16/h3-4,9H,2,5-8,10H2,1H3. The molecule has 1 aliphatic rings. The van der Waals surface area contributed by atoms with Crippen LogP contribution in [0.4, 0.5) is 4.39 Å². The number of imidazole rings is 1. The number of fused-ring (bicyclic) bond motifs is 1. The van der Waals surface area contributed by atoms with Crippen LogP contribution in [-0.4, -0.2) is 15.4 Å². The van der Waals surface area contributed by atoms with Crippen molar-refractivity contribution in [3.8, 4) is 0 Å². The van der Waals surface area contributed by atoms with Gasteiger partial charge in [-0.15, -0.1) is 11.6 Å². The number of hydrogen-bond acceptors (Lipinski definition) is 1. The number of aromatic nitrogens is 2. The van der Waals surface area contributed by atoms with Crippen molar-refractivity contribution in [1.29, 1.82) is 0 Å². The van der Waals surface area contributed by atoms with Crippen molar-refractivity contribution in [2.45, 2.75) is 39.2 Å². The highest BCUT2D eigenvalue weighted by Crippen LogP contribution is 2.50. The van der Waals surface area contributed by atoms with Gasteiger partial charge in [0.2, 0.25) is 0 Å². The van der Waals surface area contributed by atoms with E-state index in [-0.39, 0.29) is 5.82 Å². The van der Waals surface area contributed by atoms with Gasteiger partial charge in [-0.3, -0.25) is 0 Å². The quantitative estimate of drug-likeness (QED) is 0.753. The van der Waals surface area contributed by atoms with Gasteiger partial charge in [-0.05, 0) is 42.9 Å². The van der Waals surface area contributed by atoms with Gasteiger partial charge in [-0.25, -0.2) is 9.37 Å². The number of aryl methyl sites for hydroxylation is 1. The summed E-state index contributed by atoms with van der Waals surface area (Å²) >= 11 is 5.86. The molecule has 3 rings (SSSR count). The molecule has 1 aliphatic carbocycles. The number of alkyl halides is 1. The van der Waals surface area contributed by atoms with Crippen LogP contribution in [-0.2, 0) is 13.0 Å². The van der Waals surface area contributed by atoms with Gasteiger partial charge in [0.1, 0.15) is 11.6 Å². The van der Waals surface area contributed by atoms with Crippen LogP contribution in [0.1, 0.15) is 32.0 Å². The summed E-state index contributed by atoms with van der Waals surface area (Å²) in [5, 5.41) is 0. The minimum atomic E-state index is -0.201. The van der Waals surface area contributed by atoms with Crippen LogP contribution in [0.3, 0.4) is 0 Å². The summed E-state index contributed by atoms with van der Waals surface area (Å²) in [6, 6.07) is 4.81. The van der Waals surface area contributed by atoms with Gasteiger partial charge in [-0.2, -0.15) is 0 Å². The average molecular weight is 281 g/mol. The lowest BCUT2D eigenvalue weighted by atomic mass is 10.0. The Hall–Kier alpha value is -1.09. The number of halogens is 2. The van der Waals surface area contributed by atoms with E-state index in [1.807, 2.05) is 0 Å². The predicted octanol–water partition coefficient (Wildman–Crippen LogP) is 4.15. The highest BCUT2D eigenvalue weighted by Gasteiger charge is 2.41. The fourth-order valence-corrected chi connectivity index (χ4v) is 2.90. The van der Waals surface area contributed by atoms with Crippen LogP contribution in [0.25, 0.3) is 11.0 Å². The lowest BCUT2D eigenvalue weighted by molar-refractivity contribution is 0.408. The van der Waals surface area contributed by atoms with Crippen LogP contribution < -0.4 is 0 Å². The number of nitrogens with zero attached hydrogens (tertiary/aromatic N) is 2. The van der Waals surface area contributed by atoms with Crippen molar-refractivity contribution in [1.82, 2.24) is 9.55 Å². The van der Waals surface area contributed by atoms with E-state index < -0.39 is 0 Å². The van der Waals surface area contributed by atoms with E-state index in [0.29, 0.717) is 11.3 Å². The zero-order valence-electron chi connectivity index (χ0n) is 11.1. The third-order valence-corrected chi connectivity index (χ3v) is 4.50. The van der Waals surface area contributed by atoms with Crippen LogP contribution in [0.5, 0.6) is 0 Å². The topological polar surface area (TPSA) is 17.8 Å².